The summed E-state index contributed by atoms with van der Waals surface area (Å²) >= 11 is 2.60. The Balaban J connectivity index is 1.42. The van der Waals surface area contributed by atoms with E-state index in [0.29, 0.717) is 15.4 Å². The summed E-state index contributed by atoms with van der Waals surface area (Å²) in [5, 5.41) is 5.51. The fraction of sp³-hybridized carbons (Fsp3) is 0.263. The number of carbonyl (C=O) groups is 2. The highest BCUT2D eigenvalue weighted by atomic mass is 32.2. The average Bonchev–Trinajstić information content (AvgIpc) is 3.26. The number of aryl methyl sites for hydroxylation is 2. The van der Waals surface area contributed by atoms with Gasteiger partial charge in [-0.1, -0.05) is 23.9 Å². The lowest BCUT2D eigenvalue weighted by atomic mass is 10.2. The number of urea groups is 1. The third kappa shape index (κ3) is 3.90. The van der Waals surface area contributed by atoms with E-state index in [0.717, 1.165) is 36.6 Å². The number of rotatable bonds is 4. The van der Waals surface area contributed by atoms with Gasteiger partial charge in [0.1, 0.15) is 10.6 Å². The van der Waals surface area contributed by atoms with Gasteiger partial charge in [-0.05, 0) is 37.0 Å². The van der Waals surface area contributed by atoms with E-state index >= 15 is 0 Å². The lowest BCUT2D eigenvalue weighted by Gasteiger charge is -2.09. The molecule has 1 aliphatic rings. The van der Waals surface area contributed by atoms with Crippen molar-refractivity contribution in [1.29, 1.82) is 0 Å². The standard InChI is InChI=1S/C19H17FN4O3S2/c1-24-17(26)15-10-5-4-8-13(10)29-16(15)23-19(24)28-9-14(25)22-18(27)21-12-7-3-2-6-11(12)20/h2-3,6-7H,4-5,8-9H2,1H3,(H2,21,22,25,27). The molecule has 7 nitrogen and oxygen atoms in total. The predicted octanol–water partition coefficient (Wildman–Crippen LogP) is 3.06. The van der Waals surface area contributed by atoms with E-state index in [9.17, 15) is 18.8 Å². The molecule has 0 radical (unpaired) electrons. The molecule has 1 aromatic carbocycles. The van der Waals surface area contributed by atoms with Crippen LogP contribution in [-0.4, -0.2) is 27.2 Å². The number of para-hydroxylation sites is 1. The minimum Gasteiger partial charge on any atom is -0.305 e. The second-order valence-electron chi connectivity index (χ2n) is 6.57. The number of hydrogen-bond acceptors (Lipinski definition) is 6. The molecule has 29 heavy (non-hydrogen) atoms. The van der Waals surface area contributed by atoms with Crippen LogP contribution in [0.2, 0.25) is 0 Å². The van der Waals surface area contributed by atoms with Crippen molar-refractivity contribution in [3.8, 4) is 0 Å². The number of nitrogens with zero attached hydrogens (tertiary/aromatic N) is 2. The lowest BCUT2D eigenvalue weighted by Crippen LogP contribution is -2.35. The maximum absolute atomic E-state index is 13.6. The first kappa shape index (κ1) is 19.6. The predicted molar refractivity (Wildman–Crippen MR) is 111 cm³/mol. The Bertz CT molecular complexity index is 1190. The van der Waals surface area contributed by atoms with Gasteiger partial charge in [0.15, 0.2) is 5.16 Å². The number of anilines is 1. The zero-order valence-electron chi connectivity index (χ0n) is 15.5. The molecule has 3 aromatic rings. The molecule has 2 aromatic heterocycles. The number of carbonyl (C=O) groups excluding carboxylic acids is 2. The number of fused-ring (bicyclic) bond motifs is 3. The van der Waals surface area contributed by atoms with Gasteiger partial charge >= 0.3 is 6.03 Å². The van der Waals surface area contributed by atoms with E-state index in [1.54, 1.807) is 13.1 Å². The molecule has 2 N–H and O–H groups in total. The van der Waals surface area contributed by atoms with Crippen LogP contribution in [-0.2, 0) is 24.7 Å². The normalized spacial score (nSPS) is 12.8. The van der Waals surface area contributed by atoms with E-state index in [4.69, 9.17) is 0 Å². The summed E-state index contributed by atoms with van der Waals surface area (Å²) in [7, 11) is 1.62. The Morgan fingerprint density at radius 2 is 2.10 bits per heavy atom. The second kappa shape index (κ2) is 7.96. The van der Waals surface area contributed by atoms with Crippen LogP contribution >= 0.6 is 23.1 Å². The largest absolute Gasteiger partial charge is 0.325 e. The van der Waals surface area contributed by atoms with Crippen molar-refractivity contribution in [2.45, 2.75) is 24.4 Å². The number of thioether (sulfide) groups is 1. The van der Waals surface area contributed by atoms with Crippen LogP contribution in [0.1, 0.15) is 16.9 Å². The minimum atomic E-state index is -0.826. The van der Waals surface area contributed by atoms with Gasteiger partial charge in [-0.3, -0.25) is 19.5 Å². The van der Waals surface area contributed by atoms with Crippen LogP contribution < -0.4 is 16.2 Å². The molecule has 0 spiro atoms. The summed E-state index contributed by atoms with van der Waals surface area (Å²) in [6.07, 6.45) is 2.94. The number of thiophene rings is 1. The van der Waals surface area contributed by atoms with Crippen LogP contribution in [0.5, 0.6) is 0 Å². The van der Waals surface area contributed by atoms with Gasteiger partial charge in [-0.25, -0.2) is 14.2 Å². The maximum Gasteiger partial charge on any atom is 0.325 e. The summed E-state index contributed by atoms with van der Waals surface area (Å²) in [6.45, 7) is 0. The number of aromatic nitrogens is 2. The first-order valence-electron chi connectivity index (χ1n) is 8.93. The van der Waals surface area contributed by atoms with Crippen molar-refractivity contribution in [3.05, 3.63) is 50.9 Å². The van der Waals surface area contributed by atoms with Gasteiger partial charge in [-0.15, -0.1) is 11.3 Å². The maximum atomic E-state index is 13.6. The van der Waals surface area contributed by atoms with Crippen LogP contribution in [0.15, 0.2) is 34.2 Å². The van der Waals surface area contributed by atoms with E-state index in [-0.39, 0.29) is 17.0 Å². The molecular weight excluding hydrogens is 415 g/mol. The number of amides is 3. The Labute approximate surface area is 173 Å². The molecule has 0 aliphatic heterocycles. The fourth-order valence-corrected chi connectivity index (χ4v) is 5.32. The molecule has 10 heteroatoms. The van der Waals surface area contributed by atoms with E-state index in [2.05, 4.69) is 15.6 Å². The zero-order valence-corrected chi connectivity index (χ0v) is 17.1. The highest BCUT2D eigenvalue weighted by Gasteiger charge is 2.22. The number of nitrogens with one attached hydrogen (secondary N) is 2. The summed E-state index contributed by atoms with van der Waals surface area (Å²) in [5.41, 5.74) is 0.970. The highest BCUT2D eigenvalue weighted by Crippen LogP contribution is 2.35. The van der Waals surface area contributed by atoms with Crippen molar-refractivity contribution >= 4 is 50.9 Å². The number of benzene rings is 1. The Hall–Kier alpha value is -2.72. The second-order valence-corrected chi connectivity index (χ2v) is 8.59. The molecule has 0 saturated heterocycles. The van der Waals surface area contributed by atoms with Crippen molar-refractivity contribution in [2.75, 3.05) is 11.1 Å². The van der Waals surface area contributed by atoms with Crippen LogP contribution in [0.4, 0.5) is 14.9 Å². The van der Waals surface area contributed by atoms with Crippen LogP contribution in [0.25, 0.3) is 10.2 Å². The third-order valence-corrected chi connectivity index (χ3v) is 6.83. The van der Waals surface area contributed by atoms with Crippen LogP contribution in [0.3, 0.4) is 0 Å². The van der Waals surface area contributed by atoms with E-state index in [1.807, 2.05) is 0 Å². The monoisotopic (exact) mass is 432 g/mol. The lowest BCUT2D eigenvalue weighted by molar-refractivity contribution is -0.117. The molecule has 0 bridgehead atoms. The number of imide groups is 1. The molecular formula is C19H17FN4O3S2. The molecule has 4 rings (SSSR count). The molecule has 0 atom stereocenters. The highest BCUT2D eigenvalue weighted by molar-refractivity contribution is 7.99. The quantitative estimate of drug-likeness (QED) is 0.488. The van der Waals surface area contributed by atoms with Gasteiger partial charge in [0, 0.05) is 11.9 Å². The Morgan fingerprint density at radius 3 is 2.90 bits per heavy atom. The third-order valence-electron chi connectivity index (χ3n) is 4.61. The van der Waals surface area contributed by atoms with Crippen LogP contribution in [0, 0.1) is 5.82 Å². The van der Waals surface area contributed by atoms with Crippen molar-refractivity contribution in [1.82, 2.24) is 14.9 Å². The SMILES string of the molecule is Cn1c(SCC(=O)NC(=O)Nc2ccccc2F)nc2sc3c(c2c1=O)CCC3. The molecule has 3 amide bonds. The van der Waals surface area contributed by atoms with Crippen molar-refractivity contribution in [3.63, 3.8) is 0 Å². The topological polar surface area (TPSA) is 93.1 Å². The summed E-state index contributed by atoms with van der Waals surface area (Å²) in [6, 6.07) is 4.83. The number of hydrogen-bond donors (Lipinski definition) is 2. The summed E-state index contributed by atoms with van der Waals surface area (Å²) in [4.78, 5) is 43.1. The zero-order chi connectivity index (χ0) is 20.5. The Morgan fingerprint density at radius 1 is 1.31 bits per heavy atom. The Kier molecular flexibility index (Phi) is 5.37. The van der Waals surface area contributed by atoms with Gasteiger partial charge in [0.25, 0.3) is 5.56 Å². The molecule has 1 aliphatic carbocycles. The summed E-state index contributed by atoms with van der Waals surface area (Å²) in [5.74, 6) is -1.28. The minimum absolute atomic E-state index is 0.0225. The van der Waals surface area contributed by atoms with Gasteiger partial charge < -0.3 is 5.32 Å². The van der Waals surface area contributed by atoms with Crippen molar-refractivity contribution in [2.24, 2.45) is 7.05 Å². The van der Waals surface area contributed by atoms with Crippen molar-refractivity contribution < 1.29 is 14.0 Å². The number of halogens is 1. The summed E-state index contributed by atoms with van der Waals surface area (Å²) < 4.78 is 15.0. The van der Waals surface area contributed by atoms with Gasteiger partial charge in [-0.2, -0.15) is 0 Å². The van der Waals surface area contributed by atoms with Gasteiger partial charge in [0.2, 0.25) is 5.91 Å². The average molecular weight is 433 g/mol. The molecule has 150 valence electrons. The molecule has 0 saturated carbocycles. The molecule has 0 fully saturated rings. The molecule has 2 heterocycles. The first-order chi connectivity index (χ1) is 13.9. The first-order valence-corrected chi connectivity index (χ1v) is 10.7. The van der Waals surface area contributed by atoms with Gasteiger partial charge in [0.05, 0.1) is 16.8 Å². The molecule has 0 unspecified atom stereocenters. The smallest absolute Gasteiger partial charge is 0.305 e. The van der Waals surface area contributed by atoms with E-state index < -0.39 is 17.8 Å². The van der Waals surface area contributed by atoms with E-state index in [1.165, 1.54) is 39.0 Å². The fourth-order valence-electron chi connectivity index (χ4n) is 3.24.